The van der Waals surface area contributed by atoms with E-state index in [9.17, 15) is 9.59 Å². The normalized spacial score (nSPS) is 9.82. The fourth-order valence-electron chi connectivity index (χ4n) is 1.32. The van der Waals surface area contributed by atoms with Crippen LogP contribution in [0, 0.1) is 0 Å². The summed E-state index contributed by atoms with van der Waals surface area (Å²) in [6.45, 7) is -0.0122. The van der Waals surface area contributed by atoms with Crippen LogP contribution >= 0.6 is 11.6 Å². The predicted molar refractivity (Wildman–Crippen MR) is 66.9 cm³/mol. The third-order valence-corrected chi connectivity index (χ3v) is 2.39. The van der Waals surface area contributed by atoms with Crippen molar-refractivity contribution >= 4 is 29.1 Å². The molecule has 3 N–H and O–H groups in total. The van der Waals surface area contributed by atoms with Crippen LogP contribution < -0.4 is 11.1 Å². The van der Waals surface area contributed by atoms with E-state index in [0.29, 0.717) is 16.3 Å². The number of hydrogen-bond donors (Lipinski definition) is 2. The number of amides is 2. The molecule has 5 nitrogen and oxygen atoms in total. The first-order chi connectivity index (χ1) is 7.93. The number of carbonyl (C=O) groups excluding carboxylic acids is 2. The number of hydrogen-bond acceptors (Lipinski definition) is 3. The number of halogens is 1. The van der Waals surface area contributed by atoms with Gasteiger partial charge in [-0.2, -0.15) is 0 Å². The molecule has 0 saturated carbocycles. The monoisotopic (exact) mass is 255 g/mol. The van der Waals surface area contributed by atoms with Gasteiger partial charge in [-0.3, -0.25) is 9.59 Å². The van der Waals surface area contributed by atoms with Crippen LogP contribution in [0.3, 0.4) is 0 Å². The average molecular weight is 256 g/mol. The van der Waals surface area contributed by atoms with Gasteiger partial charge in [-0.05, 0) is 18.2 Å². The van der Waals surface area contributed by atoms with E-state index in [4.69, 9.17) is 17.3 Å². The van der Waals surface area contributed by atoms with Gasteiger partial charge in [0.1, 0.15) is 0 Å². The lowest BCUT2D eigenvalue weighted by molar-refractivity contribution is -0.121. The van der Waals surface area contributed by atoms with Crippen molar-refractivity contribution < 1.29 is 9.59 Å². The number of nitrogens with two attached hydrogens (primary N) is 1. The van der Waals surface area contributed by atoms with Crippen LogP contribution in [0.15, 0.2) is 18.2 Å². The Labute approximate surface area is 105 Å². The molecular formula is C11H14ClN3O2. The number of carbonyl (C=O) groups is 2. The highest BCUT2D eigenvalue weighted by molar-refractivity contribution is 6.31. The van der Waals surface area contributed by atoms with E-state index in [1.807, 2.05) is 0 Å². The van der Waals surface area contributed by atoms with Gasteiger partial charge in [0.15, 0.2) is 0 Å². The molecule has 0 unspecified atom stereocenters. The summed E-state index contributed by atoms with van der Waals surface area (Å²) in [7, 11) is 3.05. The summed E-state index contributed by atoms with van der Waals surface area (Å²) in [5.74, 6) is -0.543. The Balaban J connectivity index is 2.85. The van der Waals surface area contributed by atoms with Crippen molar-refractivity contribution in [3.05, 3.63) is 28.8 Å². The van der Waals surface area contributed by atoms with Crippen LogP contribution in [0.2, 0.25) is 5.02 Å². The predicted octanol–water partition coefficient (Wildman–Crippen LogP) is 0.740. The van der Waals surface area contributed by atoms with Crippen LogP contribution in [-0.2, 0) is 4.79 Å². The topological polar surface area (TPSA) is 75.4 Å². The summed E-state index contributed by atoms with van der Waals surface area (Å²) in [5, 5.41) is 2.83. The Hall–Kier alpha value is -1.75. The minimum Gasteiger partial charge on any atom is -0.399 e. The molecule has 0 aliphatic rings. The summed E-state index contributed by atoms with van der Waals surface area (Å²) in [6, 6.07) is 4.59. The maximum atomic E-state index is 11.9. The zero-order valence-electron chi connectivity index (χ0n) is 9.66. The molecule has 0 atom stereocenters. The number of anilines is 1. The van der Waals surface area contributed by atoms with Gasteiger partial charge in [-0.25, -0.2) is 0 Å². The third-order valence-electron chi connectivity index (χ3n) is 2.17. The standard InChI is InChI=1S/C11H14ClN3O2/c1-14-10(16)6-15(2)11(17)7-3-8(12)5-9(13)4-7/h3-5H,6,13H2,1-2H3,(H,14,16). The zero-order chi connectivity index (χ0) is 13.0. The second-order valence-corrected chi connectivity index (χ2v) is 4.04. The van der Waals surface area contributed by atoms with Gasteiger partial charge in [0, 0.05) is 30.4 Å². The summed E-state index contributed by atoms with van der Waals surface area (Å²) < 4.78 is 0. The number of nitrogens with one attached hydrogen (secondary N) is 1. The van der Waals surface area contributed by atoms with E-state index in [0.717, 1.165) is 0 Å². The summed E-state index contributed by atoms with van der Waals surface area (Å²) >= 11 is 5.80. The van der Waals surface area contributed by atoms with Crippen LogP contribution in [0.1, 0.15) is 10.4 Å². The SMILES string of the molecule is CNC(=O)CN(C)C(=O)c1cc(N)cc(Cl)c1. The summed E-state index contributed by atoms with van der Waals surface area (Å²) in [6.07, 6.45) is 0. The molecule has 0 bridgehead atoms. The number of benzene rings is 1. The average Bonchev–Trinajstić information content (AvgIpc) is 2.26. The first-order valence-electron chi connectivity index (χ1n) is 4.96. The quantitative estimate of drug-likeness (QED) is 0.783. The molecule has 0 spiro atoms. The van der Waals surface area contributed by atoms with Crippen molar-refractivity contribution in [1.82, 2.24) is 10.2 Å². The van der Waals surface area contributed by atoms with Gasteiger partial charge in [0.2, 0.25) is 5.91 Å². The van der Waals surface area contributed by atoms with Gasteiger partial charge in [-0.15, -0.1) is 0 Å². The maximum Gasteiger partial charge on any atom is 0.254 e. The molecule has 1 aromatic carbocycles. The van der Waals surface area contributed by atoms with Crippen molar-refractivity contribution in [1.29, 1.82) is 0 Å². The first kappa shape index (κ1) is 13.3. The molecule has 0 radical (unpaired) electrons. The fraction of sp³-hybridized carbons (Fsp3) is 0.273. The van der Waals surface area contributed by atoms with E-state index in [2.05, 4.69) is 5.32 Å². The van der Waals surface area contributed by atoms with Crippen LogP contribution in [0.4, 0.5) is 5.69 Å². The Bertz CT molecular complexity index is 428. The molecule has 0 heterocycles. The molecule has 0 fully saturated rings. The Morgan fingerprint density at radius 3 is 2.59 bits per heavy atom. The summed E-state index contributed by atoms with van der Waals surface area (Å²) in [5.41, 5.74) is 6.36. The Morgan fingerprint density at radius 2 is 2.06 bits per heavy atom. The molecule has 0 aliphatic heterocycles. The van der Waals surface area contributed by atoms with E-state index >= 15 is 0 Å². The van der Waals surface area contributed by atoms with E-state index < -0.39 is 0 Å². The fourth-order valence-corrected chi connectivity index (χ4v) is 1.57. The highest BCUT2D eigenvalue weighted by atomic mass is 35.5. The van der Waals surface area contributed by atoms with Crippen LogP contribution in [-0.4, -0.2) is 37.4 Å². The lowest BCUT2D eigenvalue weighted by Gasteiger charge is -2.16. The van der Waals surface area contributed by atoms with Crippen LogP contribution in [0.5, 0.6) is 0 Å². The highest BCUT2D eigenvalue weighted by Crippen LogP contribution is 2.17. The van der Waals surface area contributed by atoms with Crippen molar-refractivity contribution in [3.63, 3.8) is 0 Å². The molecule has 0 aliphatic carbocycles. The van der Waals surface area contributed by atoms with Crippen molar-refractivity contribution in [2.75, 3.05) is 26.4 Å². The van der Waals surface area contributed by atoms with Crippen LogP contribution in [0.25, 0.3) is 0 Å². The number of nitrogens with zero attached hydrogens (tertiary/aromatic N) is 1. The van der Waals surface area contributed by atoms with Crippen molar-refractivity contribution in [3.8, 4) is 0 Å². The third kappa shape index (κ3) is 3.64. The summed E-state index contributed by atoms with van der Waals surface area (Å²) in [4.78, 5) is 24.4. The van der Waals surface area contributed by atoms with Crippen molar-refractivity contribution in [2.24, 2.45) is 0 Å². The molecule has 17 heavy (non-hydrogen) atoms. The number of rotatable bonds is 3. The first-order valence-corrected chi connectivity index (χ1v) is 5.34. The van der Waals surface area contributed by atoms with Gasteiger partial charge >= 0.3 is 0 Å². The molecule has 6 heteroatoms. The minimum absolute atomic E-state index is 0.0122. The molecule has 1 rings (SSSR count). The Morgan fingerprint density at radius 1 is 1.41 bits per heavy atom. The van der Waals surface area contributed by atoms with Gasteiger partial charge in [0.25, 0.3) is 5.91 Å². The molecule has 0 saturated heterocycles. The van der Waals surface area contributed by atoms with E-state index in [-0.39, 0.29) is 18.4 Å². The van der Waals surface area contributed by atoms with Crippen molar-refractivity contribution in [2.45, 2.75) is 0 Å². The zero-order valence-corrected chi connectivity index (χ0v) is 10.4. The number of likely N-dealkylation sites (N-methyl/N-ethyl adjacent to an activating group) is 2. The van der Waals surface area contributed by atoms with Gasteiger partial charge in [0.05, 0.1) is 6.54 Å². The number of nitrogen functional groups attached to an aromatic ring is 1. The molecular weight excluding hydrogens is 242 g/mol. The second-order valence-electron chi connectivity index (χ2n) is 3.61. The van der Waals surface area contributed by atoms with Gasteiger partial charge < -0.3 is 16.0 Å². The molecule has 0 aromatic heterocycles. The largest absolute Gasteiger partial charge is 0.399 e. The van der Waals surface area contributed by atoms with E-state index in [1.165, 1.54) is 31.1 Å². The highest BCUT2D eigenvalue weighted by Gasteiger charge is 2.15. The van der Waals surface area contributed by atoms with E-state index in [1.54, 1.807) is 6.07 Å². The second kappa shape index (κ2) is 5.54. The smallest absolute Gasteiger partial charge is 0.254 e. The lowest BCUT2D eigenvalue weighted by Crippen LogP contribution is -2.36. The molecule has 2 amide bonds. The minimum atomic E-state index is -0.303. The lowest BCUT2D eigenvalue weighted by atomic mass is 10.2. The Kier molecular flexibility index (Phi) is 4.34. The molecule has 92 valence electrons. The maximum absolute atomic E-state index is 11.9. The molecule has 1 aromatic rings. The van der Waals surface area contributed by atoms with Gasteiger partial charge in [-0.1, -0.05) is 11.6 Å².